The van der Waals surface area contributed by atoms with Crippen molar-refractivity contribution >= 4 is 40.5 Å². The van der Waals surface area contributed by atoms with Gasteiger partial charge in [0.1, 0.15) is 5.69 Å². The summed E-state index contributed by atoms with van der Waals surface area (Å²) in [7, 11) is 1.66. The first-order chi connectivity index (χ1) is 8.88. The summed E-state index contributed by atoms with van der Waals surface area (Å²) in [4.78, 5) is 12.2. The molecule has 0 unspecified atom stereocenters. The Morgan fingerprint density at radius 2 is 1.89 bits per heavy atom. The second kappa shape index (κ2) is 5.11. The number of aromatic nitrogens is 2. The summed E-state index contributed by atoms with van der Waals surface area (Å²) in [5.74, 6) is -0.362. The van der Waals surface area contributed by atoms with Gasteiger partial charge in [0.2, 0.25) is 0 Å². The van der Waals surface area contributed by atoms with Gasteiger partial charge in [0.15, 0.2) is 0 Å². The van der Waals surface area contributed by atoms with Gasteiger partial charge in [-0.05, 0) is 25.1 Å². The van der Waals surface area contributed by atoms with Crippen molar-refractivity contribution in [1.82, 2.24) is 9.78 Å². The molecule has 7 heteroatoms. The van der Waals surface area contributed by atoms with Crippen LogP contribution in [0, 0.1) is 6.92 Å². The molecule has 0 aliphatic rings. The average molecular weight is 299 g/mol. The van der Waals surface area contributed by atoms with Gasteiger partial charge in [-0.1, -0.05) is 23.2 Å². The molecule has 2 rings (SSSR count). The molecular weight excluding hydrogens is 287 g/mol. The Morgan fingerprint density at radius 1 is 1.32 bits per heavy atom. The Balaban J connectivity index is 2.30. The average Bonchev–Trinajstić information content (AvgIpc) is 2.51. The van der Waals surface area contributed by atoms with Crippen LogP contribution in [-0.2, 0) is 7.05 Å². The van der Waals surface area contributed by atoms with E-state index in [9.17, 15) is 4.79 Å². The normalized spacial score (nSPS) is 10.5. The van der Waals surface area contributed by atoms with E-state index in [0.717, 1.165) is 0 Å². The number of amides is 1. The molecule has 0 spiro atoms. The van der Waals surface area contributed by atoms with Crippen molar-refractivity contribution in [1.29, 1.82) is 0 Å². The highest BCUT2D eigenvalue weighted by Crippen LogP contribution is 2.24. The quantitative estimate of drug-likeness (QED) is 0.895. The first kappa shape index (κ1) is 13.7. The van der Waals surface area contributed by atoms with E-state index in [1.165, 1.54) is 4.68 Å². The lowest BCUT2D eigenvalue weighted by atomic mass is 10.2. The third kappa shape index (κ3) is 2.83. The number of nitrogen functional groups attached to an aromatic ring is 1. The van der Waals surface area contributed by atoms with Crippen molar-refractivity contribution in [3.8, 4) is 0 Å². The number of hydrogen-bond donors (Lipinski definition) is 2. The van der Waals surface area contributed by atoms with Crippen LogP contribution >= 0.6 is 23.2 Å². The zero-order chi connectivity index (χ0) is 14.2. The molecule has 3 N–H and O–H groups in total. The molecule has 1 aromatic carbocycles. The molecule has 0 bridgehead atoms. The number of rotatable bonds is 2. The third-order valence-corrected chi connectivity index (χ3v) is 3.04. The fraction of sp³-hybridized carbons (Fsp3) is 0.167. The first-order valence-electron chi connectivity index (χ1n) is 5.45. The van der Waals surface area contributed by atoms with Crippen LogP contribution in [0.15, 0.2) is 18.2 Å². The van der Waals surface area contributed by atoms with Gasteiger partial charge in [-0.2, -0.15) is 5.10 Å². The van der Waals surface area contributed by atoms with E-state index in [4.69, 9.17) is 28.9 Å². The summed E-state index contributed by atoms with van der Waals surface area (Å²) < 4.78 is 1.44. The summed E-state index contributed by atoms with van der Waals surface area (Å²) in [6.45, 7) is 1.74. The van der Waals surface area contributed by atoms with Gasteiger partial charge in [-0.25, -0.2) is 0 Å². The minimum Gasteiger partial charge on any atom is -0.395 e. The molecular formula is C12H12Cl2N4O. The molecule has 100 valence electrons. The van der Waals surface area contributed by atoms with Gasteiger partial charge < -0.3 is 11.1 Å². The summed E-state index contributed by atoms with van der Waals surface area (Å²) in [6.07, 6.45) is 0. The van der Waals surface area contributed by atoms with Crippen LogP contribution in [0.5, 0.6) is 0 Å². The number of hydrogen-bond acceptors (Lipinski definition) is 3. The summed E-state index contributed by atoms with van der Waals surface area (Å²) in [5, 5.41) is 7.66. The number of aryl methyl sites for hydroxylation is 2. The minimum atomic E-state index is -0.362. The number of nitrogens with two attached hydrogens (primary N) is 1. The van der Waals surface area contributed by atoms with E-state index in [1.54, 1.807) is 32.2 Å². The van der Waals surface area contributed by atoms with Crippen LogP contribution < -0.4 is 11.1 Å². The van der Waals surface area contributed by atoms with Crippen LogP contribution in [0.2, 0.25) is 10.0 Å². The van der Waals surface area contributed by atoms with Crippen LogP contribution in [-0.4, -0.2) is 15.7 Å². The molecule has 1 heterocycles. The van der Waals surface area contributed by atoms with Gasteiger partial charge >= 0.3 is 0 Å². The maximum Gasteiger partial charge on any atom is 0.276 e. The van der Waals surface area contributed by atoms with Gasteiger partial charge in [-0.15, -0.1) is 0 Å². The zero-order valence-corrected chi connectivity index (χ0v) is 11.9. The molecule has 0 radical (unpaired) electrons. The highest BCUT2D eigenvalue weighted by molar-refractivity contribution is 6.35. The standard InChI is InChI=1S/C12H12Cl2N4O/c1-6-10(15)11(18(2)17-6)12(19)16-9-4-7(13)3-8(14)5-9/h3-5H,15H2,1-2H3,(H,16,19). The van der Waals surface area contributed by atoms with Gasteiger partial charge in [0.25, 0.3) is 5.91 Å². The Morgan fingerprint density at radius 3 is 2.37 bits per heavy atom. The van der Waals surface area contributed by atoms with Crippen LogP contribution in [0.3, 0.4) is 0 Å². The van der Waals surface area contributed by atoms with Crippen molar-refractivity contribution in [2.24, 2.45) is 7.05 Å². The molecule has 1 aromatic heterocycles. The Kier molecular flexibility index (Phi) is 3.68. The fourth-order valence-electron chi connectivity index (χ4n) is 1.76. The van der Waals surface area contributed by atoms with Crippen molar-refractivity contribution in [2.45, 2.75) is 6.92 Å². The number of benzene rings is 1. The predicted octanol–water partition coefficient (Wildman–Crippen LogP) is 2.87. The van der Waals surface area contributed by atoms with Crippen LogP contribution in [0.25, 0.3) is 0 Å². The van der Waals surface area contributed by atoms with Gasteiger partial charge in [0.05, 0.1) is 11.4 Å². The third-order valence-electron chi connectivity index (χ3n) is 2.60. The van der Waals surface area contributed by atoms with Crippen molar-refractivity contribution in [3.63, 3.8) is 0 Å². The number of anilines is 2. The highest BCUT2D eigenvalue weighted by atomic mass is 35.5. The lowest BCUT2D eigenvalue weighted by molar-refractivity contribution is 0.101. The monoisotopic (exact) mass is 298 g/mol. The second-order valence-electron chi connectivity index (χ2n) is 4.08. The van der Waals surface area contributed by atoms with E-state index < -0.39 is 0 Å². The maximum absolute atomic E-state index is 12.2. The number of nitrogens with zero attached hydrogens (tertiary/aromatic N) is 2. The zero-order valence-electron chi connectivity index (χ0n) is 10.4. The minimum absolute atomic E-state index is 0.300. The second-order valence-corrected chi connectivity index (χ2v) is 4.96. The molecule has 0 aliphatic heterocycles. The van der Waals surface area contributed by atoms with E-state index in [0.29, 0.717) is 32.8 Å². The van der Waals surface area contributed by atoms with E-state index in [2.05, 4.69) is 10.4 Å². The summed E-state index contributed by atoms with van der Waals surface area (Å²) >= 11 is 11.7. The van der Waals surface area contributed by atoms with E-state index in [1.807, 2.05) is 0 Å². The first-order valence-corrected chi connectivity index (χ1v) is 6.20. The number of carbonyl (C=O) groups is 1. The summed E-state index contributed by atoms with van der Waals surface area (Å²) in [5.41, 5.74) is 7.58. The molecule has 0 saturated heterocycles. The SMILES string of the molecule is Cc1nn(C)c(C(=O)Nc2cc(Cl)cc(Cl)c2)c1N. The predicted molar refractivity (Wildman–Crippen MR) is 76.8 cm³/mol. The summed E-state index contributed by atoms with van der Waals surface area (Å²) in [6, 6.07) is 4.79. The van der Waals surface area contributed by atoms with Crippen molar-refractivity contribution in [3.05, 3.63) is 39.6 Å². The van der Waals surface area contributed by atoms with Gasteiger partial charge in [-0.3, -0.25) is 9.48 Å². The van der Waals surface area contributed by atoms with Crippen molar-refractivity contribution in [2.75, 3.05) is 11.1 Å². The molecule has 5 nitrogen and oxygen atoms in total. The number of carbonyl (C=O) groups excluding carboxylic acids is 1. The van der Waals surface area contributed by atoms with Crippen LogP contribution in [0.4, 0.5) is 11.4 Å². The Bertz CT molecular complexity index is 631. The topological polar surface area (TPSA) is 72.9 Å². The molecule has 0 saturated carbocycles. The molecule has 2 aromatic rings. The molecule has 19 heavy (non-hydrogen) atoms. The smallest absolute Gasteiger partial charge is 0.276 e. The molecule has 0 atom stereocenters. The van der Waals surface area contributed by atoms with Gasteiger partial charge in [0, 0.05) is 22.8 Å². The lowest BCUT2D eigenvalue weighted by Gasteiger charge is -2.07. The fourth-order valence-corrected chi connectivity index (χ4v) is 2.29. The number of halogens is 2. The molecule has 0 aliphatic carbocycles. The number of nitrogens with one attached hydrogen (secondary N) is 1. The van der Waals surface area contributed by atoms with E-state index >= 15 is 0 Å². The Hall–Kier alpha value is -1.72. The van der Waals surface area contributed by atoms with Crippen LogP contribution in [0.1, 0.15) is 16.2 Å². The largest absolute Gasteiger partial charge is 0.395 e. The lowest BCUT2D eigenvalue weighted by Crippen LogP contribution is -2.17. The molecule has 1 amide bonds. The molecule has 0 fully saturated rings. The van der Waals surface area contributed by atoms with Crippen molar-refractivity contribution < 1.29 is 4.79 Å². The highest BCUT2D eigenvalue weighted by Gasteiger charge is 2.18. The maximum atomic E-state index is 12.2. The van der Waals surface area contributed by atoms with E-state index in [-0.39, 0.29) is 5.91 Å². The Labute approximate surface area is 120 Å².